The largest absolute Gasteiger partial charge is 0.517 e. The number of ether oxygens (including phenoxy) is 1. The lowest BCUT2D eigenvalue weighted by molar-refractivity contribution is 0.00578. The van der Waals surface area contributed by atoms with Crippen LogP contribution in [0.15, 0.2) is 103 Å². The van der Waals surface area contributed by atoms with E-state index in [0.29, 0.717) is 11.5 Å². The second-order valence-electron chi connectivity index (χ2n) is 12.8. The van der Waals surface area contributed by atoms with Gasteiger partial charge in [-0.25, -0.2) is 9.67 Å². The molecule has 2 aromatic heterocycles. The first-order valence-corrected chi connectivity index (χ1v) is 14.7. The number of pyridine rings is 1. The van der Waals surface area contributed by atoms with Gasteiger partial charge < -0.3 is 14.0 Å². The third kappa shape index (κ3) is 4.26. The van der Waals surface area contributed by atoms with Crippen LogP contribution in [0.5, 0.6) is 5.88 Å². The lowest BCUT2D eigenvalue weighted by Gasteiger charge is -2.37. The first kappa shape index (κ1) is 26.9. The predicted molar refractivity (Wildman–Crippen MR) is 166 cm³/mol. The average molecular weight is 558 g/mol. The molecule has 7 rings (SSSR count). The quantitative estimate of drug-likeness (QED) is 0.169. The van der Waals surface area contributed by atoms with Crippen molar-refractivity contribution in [3.63, 3.8) is 0 Å². The lowest BCUT2D eigenvalue weighted by atomic mass is 9.77. The van der Waals surface area contributed by atoms with E-state index in [0.717, 1.165) is 40.4 Å². The van der Waals surface area contributed by atoms with Crippen LogP contribution in [0.3, 0.4) is 0 Å². The van der Waals surface area contributed by atoms with Crippen molar-refractivity contribution in [2.75, 3.05) is 0 Å². The van der Waals surface area contributed by atoms with E-state index in [2.05, 4.69) is 112 Å². The number of rotatable bonds is 7. The van der Waals surface area contributed by atoms with Crippen LogP contribution in [0.1, 0.15) is 64.2 Å². The van der Waals surface area contributed by atoms with Crippen LogP contribution in [0.2, 0.25) is 0 Å². The van der Waals surface area contributed by atoms with E-state index in [1.165, 1.54) is 0 Å². The molecule has 0 unspecified atom stereocenters. The topological polar surface area (TPSA) is 58.4 Å². The lowest BCUT2D eigenvalue weighted by Crippen LogP contribution is -2.41. The zero-order valence-electron chi connectivity index (χ0n) is 24.9. The highest BCUT2D eigenvalue weighted by Crippen LogP contribution is 2.44. The number of fused-ring (bicyclic) bond motifs is 1. The Morgan fingerprint density at radius 2 is 1.21 bits per heavy atom. The second kappa shape index (κ2) is 9.55. The summed E-state index contributed by atoms with van der Waals surface area (Å²) in [6.45, 7) is 10.4. The van der Waals surface area contributed by atoms with Gasteiger partial charge >= 0.3 is 7.12 Å². The summed E-state index contributed by atoms with van der Waals surface area (Å²) in [6, 6.07) is 33.6. The Bertz CT molecular complexity index is 1620. The molecule has 3 heterocycles. The average Bonchev–Trinajstić information content (AvgIpc) is 3.52. The Kier molecular flexibility index (Phi) is 6.12. The van der Waals surface area contributed by atoms with Crippen molar-refractivity contribution < 1.29 is 14.0 Å². The van der Waals surface area contributed by atoms with Gasteiger partial charge in [-0.05, 0) is 64.2 Å². The van der Waals surface area contributed by atoms with Crippen LogP contribution in [-0.2, 0) is 14.8 Å². The molecule has 3 aromatic carbocycles. The van der Waals surface area contributed by atoms with Crippen molar-refractivity contribution in [1.82, 2.24) is 14.8 Å². The van der Waals surface area contributed by atoms with Crippen LogP contribution in [-0.4, -0.2) is 38.7 Å². The fourth-order valence-electron chi connectivity index (χ4n) is 5.89. The van der Waals surface area contributed by atoms with Crippen molar-refractivity contribution in [2.45, 2.75) is 69.8 Å². The summed E-state index contributed by atoms with van der Waals surface area (Å²) in [5.41, 5.74) is 2.82. The number of hydrogen-bond acceptors (Lipinski definition) is 5. The molecule has 2 fully saturated rings. The van der Waals surface area contributed by atoms with Gasteiger partial charge in [-0.2, -0.15) is 5.10 Å². The molecule has 0 N–H and O–H groups in total. The number of aromatic nitrogens is 3. The van der Waals surface area contributed by atoms with Crippen molar-refractivity contribution in [3.05, 3.63) is 120 Å². The maximum absolute atomic E-state index is 6.60. The van der Waals surface area contributed by atoms with Gasteiger partial charge in [-0.1, -0.05) is 91.0 Å². The van der Waals surface area contributed by atoms with E-state index in [1.54, 1.807) is 0 Å². The highest BCUT2D eigenvalue weighted by atomic mass is 16.7. The molecule has 5 aromatic rings. The van der Waals surface area contributed by atoms with Gasteiger partial charge in [-0.15, -0.1) is 0 Å². The maximum atomic E-state index is 6.60. The van der Waals surface area contributed by atoms with Gasteiger partial charge in [-0.3, -0.25) is 0 Å². The Hall–Kier alpha value is -3.94. The molecule has 1 saturated carbocycles. The van der Waals surface area contributed by atoms with Gasteiger partial charge in [0, 0.05) is 11.5 Å². The molecule has 0 atom stereocenters. The van der Waals surface area contributed by atoms with E-state index < -0.39 is 23.9 Å². The number of benzene rings is 3. The van der Waals surface area contributed by atoms with Crippen LogP contribution >= 0.6 is 0 Å². The van der Waals surface area contributed by atoms with Gasteiger partial charge in [0.15, 0.2) is 0 Å². The smallest absolute Gasteiger partial charge is 0.471 e. The molecule has 2 aliphatic rings. The third-order valence-corrected chi connectivity index (χ3v) is 9.24. The Morgan fingerprint density at radius 1 is 0.738 bits per heavy atom. The summed E-state index contributed by atoms with van der Waals surface area (Å²) in [5, 5.41) is 6.33. The van der Waals surface area contributed by atoms with Crippen LogP contribution in [0.25, 0.3) is 10.9 Å². The van der Waals surface area contributed by atoms with Crippen molar-refractivity contribution in [1.29, 1.82) is 0 Å². The molecule has 0 bridgehead atoms. The molecule has 1 aliphatic carbocycles. The van der Waals surface area contributed by atoms with Crippen LogP contribution in [0, 0.1) is 0 Å². The van der Waals surface area contributed by atoms with Gasteiger partial charge in [0.2, 0.25) is 5.88 Å². The van der Waals surface area contributed by atoms with Gasteiger partial charge in [0.05, 0.1) is 22.9 Å². The molecule has 42 heavy (non-hydrogen) atoms. The minimum atomic E-state index is -0.809. The SMILES string of the molecule is CC1(Oc2cc3c(B4OC(C)(C)C(C)(C)O4)nn(C(c4ccccc4)(c4ccccc4)c4ccccc4)c3cn2)CC1. The second-order valence-corrected chi connectivity index (χ2v) is 12.8. The van der Waals surface area contributed by atoms with Crippen molar-refractivity contribution in [2.24, 2.45) is 0 Å². The summed E-state index contributed by atoms with van der Waals surface area (Å²) in [6.07, 6.45) is 3.94. The summed E-state index contributed by atoms with van der Waals surface area (Å²) in [5.74, 6) is 0.588. The molecule has 0 amide bonds. The molecular weight excluding hydrogens is 521 g/mol. The van der Waals surface area contributed by atoms with Crippen LogP contribution in [0.4, 0.5) is 0 Å². The van der Waals surface area contributed by atoms with E-state index in [4.69, 9.17) is 24.1 Å². The maximum Gasteiger partial charge on any atom is 0.517 e. The molecule has 1 saturated heterocycles. The molecule has 0 radical (unpaired) electrons. The fraction of sp³-hybridized carbons (Fsp3) is 0.314. The highest BCUT2D eigenvalue weighted by molar-refractivity contribution is 6.64. The van der Waals surface area contributed by atoms with Gasteiger partial charge in [0.1, 0.15) is 16.7 Å². The first-order valence-electron chi connectivity index (χ1n) is 14.7. The Morgan fingerprint density at radius 3 is 1.67 bits per heavy atom. The molecule has 212 valence electrons. The molecule has 0 spiro atoms. The third-order valence-electron chi connectivity index (χ3n) is 9.24. The predicted octanol–water partition coefficient (Wildman–Crippen LogP) is 6.50. The van der Waals surface area contributed by atoms with Crippen molar-refractivity contribution >= 4 is 23.6 Å². The standard InChI is InChI=1S/C35H36BN3O3/c1-32(2)33(3,4)42-36(41-32)31-28-23-30(40-34(5)21-22-34)37-24-29(28)39(38-31)35(25-15-9-6-10-16-25,26-17-11-7-12-18-26)27-19-13-8-14-20-27/h6-20,23-24H,21-22H2,1-5H3. The summed E-state index contributed by atoms with van der Waals surface area (Å²) >= 11 is 0. The zero-order chi connectivity index (χ0) is 29.2. The normalized spacial score (nSPS) is 18.7. The minimum Gasteiger partial charge on any atom is -0.471 e. The van der Waals surface area contributed by atoms with Gasteiger partial charge in [0.25, 0.3) is 0 Å². The van der Waals surface area contributed by atoms with Crippen LogP contribution < -0.4 is 10.3 Å². The highest BCUT2D eigenvalue weighted by Gasteiger charge is 2.54. The minimum absolute atomic E-state index is 0.164. The molecule has 1 aliphatic heterocycles. The Labute approximate surface area is 247 Å². The van der Waals surface area contributed by atoms with E-state index in [1.807, 2.05) is 30.5 Å². The first-order chi connectivity index (χ1) is 20.1. The fourth-order valence-corrected chi connectivity index (χ4v) is 5.89. The molecule has 7 heteroatoms. The Balaban J connectivity index is 1.55. The monoisotopic (exact) mass is 557 g/mol. The zero-order valence-corrected chi connectivity index (χ0v) is 24.9. The molecular formula is C35H36BN3O3. The summed E-state index contributed by atoms with van der Waals surface area (Å²) in [7, 11) is -0.662. The number of hydrogen-bond donors (Lipinski definition) is 0. The van der Waals surface area contributed by atoms with Crippen molar-refractivity contribution in [3.8, 4) is 5.88 Å². The van der Waals surface area contributed by atoms with E-state index in [-0.39, 0.29) is 5.60 Å². The number of nitrogens with zero attached hydrogens (tertiary/aromatic N) is 3. The van der Waals surface area contributed by atoms with E-state index in [9.17, 15) is 0 Å². The van der Waals surface area contributed by atoms with E-state index >= 15 is 0 Å². The molecule has 6 nitrogen and oxygen atoms in total. The summed E-state index contributed by atoms with van der Waals surface area (Å²) in [4.78, 5) is 4.82. The summed E-state index contributed by atoms with van der Waals surface area (Å²) < 4.78 is 21.6.